The first kappa shape index (κ1) is 20.0. The third-order valence-electron chi connectivity index (χ3n) is 5.76. The van der Waals surface area contributed by atoms with Crippen molar-refractivity contribution in [2.24, 2.45) is 0 Å². The van der Waals surface area contributed by atoms with E-state index in [0.29, 0.717) is 5.75 Å². The van der Waals surface area contributed by atoms with Crippen LogP contribution in [0, 0.1) is 0 Å². The number of para-hydroxylation sites is 1. The van der Waals surface area contributed by atoms with E-state index < -0.39 is 10.1 Å². The summed E-state index contributed by atoms with van der Waals surface area (Å²) in [5, 5.41) is 4.35. The van der Waals surface area contributed by atoms with Crippen LogP contribution < -0.4 is 4.18 Å². The summed E-state index contributed by atoms with van der Waals surface area (Å²) in [5.74, 6) is 0.298. The highest BCUT2D eigenvalue weighted by atomic mass is 32.2. The molecule has 0 unspecified atom stereocenters. The summed E-state index contributed by atoms with van der Waals surface area (Å²) in [6, 6.07) is 34.9. The van der Waals surface area contributed by atoms with Crippen LogP contribution in [-0.4, -0.2) is 8.42 Å². The van der Waals surface area contributed by atoms with Gasteiger partial charge in [-0.25, -0.2) is 0 Å². The zero-order valence-electron chi connectivity index (χ0n) is 17.4. The number of fused-ring (bicyclic) bond motifs is 4. The number of benzene rings is 5. The van der Waals surface area contributed by atoms with E-state index in [1.807, 2.05) is 24.3 Å². The predicted molar refractivity (Wildman–Crippen MR) is 137 cm³/mol. The molecule has 0 amide bonds. The molecule has 5 heteroatoms. The smallest absolute Gasteiger partial charge is 0.339 e. The third kappa shape index (κ3) is 3.65. The molecule has 0 aliphatic rings. The van der Waals surface area contributed by atoms with Gasteiger partial charge in [0.15, 0.2) is 0 Å². The van der Waals surface area contributed by atoms with Crippen molar-refractivity contribution in [1.82, 2.24) is 0 Å². The second-order valence-corrected chi connectivity index (χ2v) is 10.5. The van der Waals surface area contributed by atoms with Crippen LogP contribution in [0.4, 0.5) is 0 Å². The zero-order chi connectivity index (χ0) is 22.4. The first-order valence-electron chi connectivity index (χ1n) is 10.5. The summed E-state index contributed by atoms with van der Waals surface area (Å²) in [5.41, 5.74) is 2.23. The first-order chi connectivity index (χ1) is 16.1. The maximum Gasteiger partial charge on any atom is 0.339 e. The summed E-state index contributed by atoms with van der Waals surface area (Å²) in [7, 11) is -3.93. The lowest BCUT2D eigenvalue weighted by Gasteiger charge is -2.07. The fourth-order valence-electron chi connectivity index (χ4n) is 4.11. The van der Waals surface area contributed by atoms with Gasteiger partial charge in [0.1, 0.15) is 10.6 Å². The van der Waals surface area contributed by atoms with Crippen molar-refractivity contribution >= 4 is 52.4 Å². The Bertz CT molecular complexity index is 1750. The Hall–Kier alpha value is -3.67. The van der Waals surface area contributed by atoms with E-state index in [1.165, 1.54) is 10.8 Å². The van der Waals surface area contributed by atoms with Crippen LogP contribution in [0.1, 0.15) is 0 Å². The highest BCUT2D eigenvalue weighted by Gasteiger charge is 2.18. The fourth-order valence-corrected chi connectivity index (χ4v) is 6.14. The standard InChI is InChI=1S/C28H18O3S2/c29-33(30,31-23-8-2-1-3-9-23)24-13-15-28-26(18-24)25-17-22(12-14-27(25)32-28)21-11-10-19-6-4-5-7-20(19)16-21/h1-18H. The summed E-state index contributed by atoms with van der Waals surface area (Å²) < 4.78 is 33.3. The summed E-state index contributed by atoms with van der Waals surface area (Å²) in [4.78, 5) is 0.148. The van der Waals surface area contributed by atoms with E-state index in [-0.39, 0.29) is 4.90 Å². The van der Waals surface area contributed by atoms with Gasteiger partial charge in [-0.2, -0.15) is 8.42 Å². The Morgan fingerprint density at radius 3 is 2.03 bits per heavy atom. The summed E-state index contributed by atoms with van der Waals surface area (Å²) in [6.45, 7) is 0. The second-order valence-electron chi connectivity index (χ2n) is 7.88. The minimum absolute atomic E-state index is 0.148. The molecule has 0 atom stereocenters. The van der Waals surface area contributed by atoms with Crippen LogP contribution in [0.15, 0.2) is 114 Å². The molecule has 33 heavy (non-hydrogen) atoms. The number of thiophene rings is 1. The maximum atomic E-state index is 12.9. The highest BCUT2D eigenvalue weighted by molar-refractivity contribution is 7.87. The maximum absolute atomic E-state index is 12.9. The summed E-state index contributed by atoms with van der Waals surface area (Å²) in [6.07, 6.45) is 0. The Morgan fingerprint density at radius 2 is 1.21 bits per heavy atom. The van der Waals surface area contributed by atoms with Gasteiger partial charge in [-0.1, -0.05) is 60.7 Å². The first-order valence-corrected chi connectivity index (χ1v) is 12.7. The van der Waals surface area contributed by atoms with E-state index in [9.17, 15) is 8.42 Å². The molecule has 1 heterocycles. The van der Waals surface area contributed by atoms with Crippen LogP contribution in [0.3, 0.4) is 0 Å². The Kier molecular flexibility index (Phi) is 4.68. The zero-order valence-corrected chi connectivity index (χ0v) is 19.1. The van der Waals surface area contributed by atoms with E-state index in [2.05, 4.69) is 48.5 Å². The molecule has 0 saturated heterocycles. The van der Waals surface area contributed by atoms with E-state index in [1.54, 1.807) is 47.7 Å². The van der Waals surface area contributed by atoms with Crippen molar-refractivity contribution in [1.29, 1.82) is 0 Å². The highest BCUT2D eigenvalue weighted by Crippen LogP contribution is 2.38. The quantitative estimate of drug-likeness (QED) is 0.251. The van der Waals surface area contributed by atoms with Gasteiger partial charge in [0.05, 0.1) is 0 Å². The lowest BCUT2D eigenvalue weighted by molar-refractivity contribution is 0.486. The minimum atomic E-state index is -3.93. The molecule has 0 fully saturated rings. The van der Waals surface area contributed by atoms with Gasteiger partial charge in [-0.05, 0) is 70.4 Å². The molecule has 0 N–H and O–H groups in total. The average Bonchev–Trinajstić information content (AvgIpc) is 3.21. The van der Waals surface area contributed by atoms with Gasteiger partial charge in [-0.15, -0.1) is 11.3 Å². The molecule has 160 valence electrons. The van der Waals surface area contributed by atoms with Gasteiger partial charge in [0.2, 0.25) is 0 Å². The normalized spacial score (nSPS) is 11.9. The average molecular weight is 467 g/mol. The molecule has 1 aromatic heterocycles. The van der Waals surface area contributed by atoms with E-state index in [4.69, 9.17) is 4.18 Å². The molecule has 0 bridgehead atoms. The van der Waals surface area contributed by atoms with Gasteiger partial charge >= 0.3 is 10.1 Å². The SMILES string of the molecule is O=S(=O)(Oc1ccccc1)c1ccc2sc3ccc(-c4ccc5ccccc5c4)cc3c2c1. The molecule has 0 radical (unpaired) electrons. The van der Waals surface area contributed by atoms with E-state index >= 15 is 0 Å². The Morgan fingerprint density at radius 1 is 0.576 bits per heavy atom. The molecule has 3 nitrogen and oxygen atoms in total. The molecule has 5 aromatic carbocycles. The molecule has 0 spiro atoms. The van der Waals surface area contributed by atoms with Crippen molar-refractivity contribution in [2.45, 2.75) is 4.90 Å². The minimum Gasteiger partial charge on any atom is -0.379 e. The fraction of sp³-hybridized carbons (Fsp3) is 0. The van der Waals surface area contributed by atoms with Gasteiger partial charge in [0, 0.05) is 20.2 Å². The van der Waals surface area contributed by atoms with Crippen molar-refractivity contribution in [3.8, 4) is 16.9 Å². The lowest BCUT2D eigenvalue weighted by atomic mass is 10.00. The van der Waals surface area contributed by atoms with Gasteiger partial charge in [0.25, 0.3) is 0 Å². The molecule has 0 aliphatic heterocycles. The lowest BCUT2D eigenvalue weighted by Crippen LogP contribution is -2.09. The monoisotopic (exact) mass is 466 g/mol. The molecule has 0 saturated carbocycles. The Labute approximate surface area is 195 Å². The second kappa shape index (κ2) is 7.73. The molecule has 6 rings (SSSR count). The third-order valence-corrected chi connectivity index (χ3v) is 8.16. The van der Waals surface area contributed by atoms with Crippen LogP contribution in [0.2, 0.25) is 0 Å². The molecule has 0 aliphatic carbocycles. The largest absolute Gasteiger partial charge is 0.379 e. The van der Waals surface area contributed by atoms with Crippen molar-refractivity contribution in [3.05, 3.63) is 109 Å². The van der Waals surface area contributed by atoms with Crippen molar-refractivity contribution in [3.63, 3.8) is 0 Å². The Balaban J connectivity index is 1.46. The van der Waals surface area contributed by atoms with Crippen LogP contribution in [-0.2, 0) is 10.1 Å². The number of hydrogen-bond acceptors (Lipinski definition) is 4. The van der Waals surface area contributed by atoms with Gasteiger partial charge < -0.3 is 4.18 Å². The van der Waals surface area contributed by atoms with Crippen LogP contribution >= 0.6 is 11.3 Å². The topological polar surface area (TPSA) is 43.4 Å². The number of hydrogen-bond donors (Lipinski definition) is 0. The molecular weight excluding hydrogens is 448 g/mol. The molecule has 6 aromatic rings. The molecular formula is C28H18O3S2. The van der Waals surface area contributed by atoms with E-state index in [0.717, 1.165) is 31.3 Å². The van der Waals surface area contributed by atoms with Crippen molar-refractivity contribution < 1.29 is 12.6 Å². The summed E-state index contributed by atoms with van der Waals surface area (Å²) >= 11 is 1.66. The number of rotatable bonds is 4. The predicted octanol–water partition coefficient (Wildman–Crippen LogP) is 7.64. The van der Waals surface area contributed by atoms with Gasteiger partial charge in [-0.3, -0.25) is 0 Å². The van der Waals surface area contributed by atoms with Crippen molar-refractivity contribution in [2.75, 3.05) is 0 Å². The van der Waals surface area contributed by atoms with Crippen LogP contribution in [0.25, 0.3) is 42.1 Å². The van der Waals surface area contributed by atoms with Crippen LogP contribution in [0.5, 0.6) is 5.75 Å².